The summed E-state index contributed by atoms with van der Waals surface area (Å²) < 4.78 is 19.5. The molecule has 2 aromatic heterocycles. The highest BCUT2D eigenvalue weighted by atomic mass is 19.1. The summed E-state index contributed by atoms with van der Waals surface area (Å²) in [5.74, 6) is 0.497. The lowest BCUT2D eigenvalue weighted by atomic mass is 9.96. The first-order valence-corrected chi connectivity index (χ1v) is 7.50. The summed E-state index contributed by atoms with van der Waals surface area (Å²) in [6.45, 7) is 6.16. The number of hydrogen-bond donors (Lipinski definition) is 0. The Hall–Kier alpha value is -2.83. The highest BCUT2D eigenvalue weighted by Gasteiger charge is 2.22. The molecule has 0 aliphatic carbocycles. The van der Waals surface area contributed by atoms with Crippen LogP contribution in [0.5, 0.6) is 0 Å². The van der Waals surface area contributed by atoms with Crippen LogP contribution in [-0.2, 0) is 12.0 Å². The minimum Gasteiger partial charge on any atom is -0.332 e. The third kappa shape index (κ3) is 3.40. The normalized spacial score (nSPS) is 11.7. The van der Waals surface area contributed by atoms with Crippen molar-refractivity contribution in [2.75, 3.05) is 0 Å². The second-order valence-corrected chi connectivity index (χ2v) is 6.51. The number of hydrogen-bond acceptors (Lipinski definition) is 5. The number of aromatic nitrogens is 4. The Kier molecular flexibility index (Phi) is 4.01. The largest absolute Gasteiger partial charge is 0.332 e. The van der Waals surface area contributed by atoms with Crippen molar-refractivity contribution in [3.63, 3.8) is 0 Å². The molecule has 7 heteroatoms. The first-order chi connectivity index (χ1) is 11.3. The molecule has 6 nitrogen and oxygen atoms in total. The van der Waals surface area contributed by atoms with E-state index in [9.17, 15) is 9.18 Å². The minimum absolute atomic E-state index is 0.229. The van der Waals surface area contributed by atoms with Gasteiger partial charge in [0.2, 0.25) is 0 Å². The van der Waals surface area contributed by atoms with E-state index < -0.39 is 0 Å². The average Bonchev–Trinajstić information content (AvgIpc) is 3.02. The molecule has 0 fully saturated rings. The quantitative estimate of drug-likeness (QED) is 0.739. The Morgan fingerprint density at radius 1 is 1.12 bits per heavy atom. The zero-order valence-corrected chi connectivity index (χ0v) is 13.7. The van der Waals surface area contributed by atoms with Crippen LogP contribution in [0.4, 0.5) is 4.39 Å². The first kappa shape index (κ1) is 16.0. The van der Waals surface area contributed by atoms with E-state index in [1.165, 1.54) is 22.9 Å². The Balaban J connectivity index is 1.92. The van der Waals surface area contributed by atoms with Gasteiger partial charge in [-0.3, -0.25) is 4.79 Å². The third-order valence-corrected chi connectivity index (χ3v) is 3.43. The van der Waals surface area contributed by atoms with E-state index in [1.807, 2.05) is 20.8 Å². The second kappa shape index (κ2) is 5.99. The topological polar surface area (TPSA) is 73.8 Å². The molecule has 0 N–H and O–H groups in total. The lowest BCUT2D eigenvalue weighted by Gasteiger charge is -2.10. The fourth-order valence-electron chi connectivity index (χ4n) is 2.07. The molecule has 1 aromatic carbocycles. The van der Waals surface area contributed by atoms with Gasteiger partial charge < -0.3 is 4.52 Å². The van der Waals surface area contributed by atoms with E-state index in [4.69, 9.17) is 4.52 Å². The van der Waals surface area contributed by atoms with Gasteiger partial charge in [0.15, 0.2) is 5.82 Å². The highest BCUT2D eigenvalue weighted by Crippen LogP contribution is 2.22. The number of nitrogens with zero attached hydrogens (tertiary/aromatic N) is 4. The molecule has 0 saturated heterocycles. The van der Waals surface area contributed by atoms with E-state index >= 15 is 0 Å². The van der Waals surface area contributed by atoms with Gasteiger partial charge in [0.25, 0.3) is 11.4 Å². The van der Waals surface area contributed by atoms with Crippen LogP contribution in [0.15, 0.2) is 45.7 Å². The molecule has 3 rings (SSSR count). The smallest absolute Gasteiger partial charge is 0.278 e. The van der Waals surface area contributed by atoms with Crippen molar-refractivity contribution in [1.82, 2.24) is 19.9 Å². The van der Waals surface area contributed by atoms with Gasteiger partial charge in [0.05, 0.1) is 6.54 Å². The van der Waals surface area contributed by atoms with Gasteiger partial charge in [0, 0.05) is 11.5 Å². The van der Waals surface area contributed by atoms with Gasteiger partial charge in [-0.05, 0) is 23.8 Å². The highest BCUT2D eigenvalue weighted by molar-refractivity contribution is 5.44. The van der Waals surface area contributed by atoms with Crippen LogP contribution in [0.3, 0.4) is 0 Å². The maximum absolute atomic E-state index is 13.0. The standard InChI is InChI=1S/C17H17FN4O2/c1-17(2,3)16-19-15(24-21-16)13-8-9-14(23)22(20-13)10-11-4-6-12(18)7-5-11/h4-9H,10H2,1-3H3. The number of halogens is 1. The molecular formula is C17H17FN4O2. The molecule has 24 heavy (non-hydrogen) atoms. The molecule has 0 bridgehead atoms. The van der Waals surface area contributed by atoms with Crippen LogP contribution in [0, 0.1) is 5.82 Å². The van der Waals surface area contributed by atoms with Crippen LogP contribution in [0.2, 0.25) is 0 Å². The van der Waals surface area contributed by atoms with Crippen molar-refractivity contribution >= 4 is 0 Å². The summed E-state index contributed by atoms with van der Waals surface area (Å²) in [5.41, 5.74) is 0.673. The molecule has 0 unspecified atom stereocenters. The zero-order chi connectivity index (χ0) is 17.3. The average molecular weight is 328 g/mol. The summed E-state index contributed by atoms with van der Waals surface area (Å²) in [6, 6.07) is 8.85. The molecule has 0 aliphatic heterocycles. The van der Waals surface area contributed by atoms with E-state index in [0.29, 0.717) is 11.5 Å². The van der Waals surface area contributed by atoms with Crippen LogP contribution >= 0.6 is 0 Å². The SMILES string of the molecule is CC(C)(C)c1noc(-c2ccc(=O)n(Cc3ccc(F)cc3)n2)n1. The van der Waals surface area contributed by atoms with Crippen LogP contribution in [0.25, 0.3) is 11.6 Å². The Labute approximate surface area is 138 Å². The Morgan fingerprint density at radius 3 is 2.46 bits per heavy atom. The summed E-state index contributed by atoms with van der Waals surface area (Å²) >= 11 is 0. The van der Waals surface area contributed by atoms with Crippen molar-refractivity contribution in [3.05, 3.63) is 64.0 Å². The van der Waals surface area contributed by atoms with E-state index in [1.54, 1.807) is 18.2 Å². The molecular weight excluding hydrogens is 311 g/mol. The number of rotatable bonds is 3. The summed E-state index contributed by atoms with van der Waals surface area (Å²) in [7, 11) is 0. The second-order valence-electron chi connectivity index (χ2n) is 6.51. The predicted octanol–water partition coefficient (Wildman–Crippen LogP) is 2.78. The predicted molar refractivity (Wildman–Crippen MR) is 86.0 cm³/mol. The fraction of sp³-hybridized carbons (Fsp3) is 0.294. The first-order valence-electron chi connectivity index (χ1n) is 7.50. The van der Waals surface area contributed by atoms with Crippen LogP contribution < -0.4 is 5.56 Å². The third-order valence-electron chi connectivity index (χ3n) is 3.43. The van der Waals surface area contributed by atoms with Gasteiger partial charge in [-0.2, -0.15) is 10.1 Å². The van der Waals surface area contributed by atoms with E-state index in [-0.39, 0.29) is 29.2 Å². The van der Waals surface area contributed by atoms with E-state index in [2.05, 4.69) is 15.2 Å². The Bertz CT molecular complexity index is 907. The van der Waals surface area contributed by atoms with Gasteiger partial charge in [-0.1, -0.05) is 38.1 Å². The zero-order valence-electron chi connectivity index (χ0n) is 13.7. The molecule has 124 valence electrons. The molecule has 0 amide bonds. The molecule has 3 aromatic rings. The lowest BCUT2D eigenvalue weighted by Crippen LogP contribution is -2.22. The molecule has 2 heterocycles. The van der Waals surface area contributed by atoms with Crippen LogP contribution in [0.1, 0.15) is 32.2 Å². The maximum atomic E-state index is 13.0. The van der Waals surface area contributed by atoms with Crippen LogP contribution in [-0.4, -0.2) is 19.9 Å². The summed E-state index contributed by atoms with van der Waals surface area (Å²) in [5, 5.41) is 8.22. The van der Waals surface area contributed by atoms with Crippen molar-refractivity contribution < 1.29 is 8.91 Å². The molecule has 0 saturated carbocycles. The maximum Gasteiger partial charge on any atom is 0.278 e. The van der Waals surface area contributed by atoms with Crippen molar-refractivity contribution in [1.29, 1.82) is 0 Å². The van der Waals surface area contributed by atoms with Gasteiger partial charge >= 0.3 is 0 Å². The van der Waals surface area contributed by atoms with Crippen molar-refractivity contribution in [3.8, 4) is 11.6 Å². The molecule has 0 radical (unpaired) electrons. The fourth-order valence-corrected chi connectivity index (χ4v) is 2.07. The number of benzene rings is 1. The Morgan fingerprint density at radius 2 is 1.83 bits per heavy atom. The monoisotopic (exact) mass is 328 g/mol. The molecule has 0 atom stereocenters. The summed E-state index contributed by atoms with van der Waals surface area (Å²) in [6.07, 6.45) is 0. The van der Waals surface area contributed by atoms with Gasteiger partial charge in [-0.25, -0.2) is 9.07 Å². The van der Waals surface area contributed by atoms with Crippen molar-refractivity contribution in [2.45, 2.75) is 32.7 Å². The van der Waals surface area contributed by atoms with E-state index in [0.717, 1.165) is 5.56 Å². The lowest BCUT2D eigenvalue weighted by molar-refractivity contribution is 0.400. The minimum atomic E-state index is -0.326. The van der Waals surface area contributed by atoms with Gasteiger partial charge in [0.1, 0.15) is 11.5 Å². The summed E-state index contributed by atoms with van der Waals surface area (Å²) in [4.78, 5) is 16.3. The molecule has 0 spiro atoms. The van der Waals surface area contributed by atoms with Gasteiger partial charge in [-0.15, -0.1) is 0 Å². The van der Waals surface area contributed by atoms with Crippen molar-refractivity contribution in [2.24, 2.45) is 0 Å². The molecule has 0 aliphatic rings.